The van der Waals surface area contributed by atoms with Gasteiger partial charge in [0.05, 0.1) is 0 Å². The molecule has 2 atom stereocenters. The van der Waals surface area contributed by atoms with Crippen LogP contribution in [0.2, 0.25) is 18.1 Å². The monoisotopic (exact) mass is 457 g/mol. The lowest BCUT2D eigenvalue weighted by molar-refractivity contribution is -0.149. The Balaban J connectivity index is 5.94. The summed E-state index contributed by atoms with van der Waals surface area (Å²) in [5, 5.41) is 13.2. The first kappa shape index (κ1) is 29.7. The van der Waals surface area contributed by atoms with E-state index in [9.17, 15) is 14.7 Å². The van der Waals surface area contributed by atoms with Crippen LogP contribution in [0.5, 0.6) is 0 Å². The van der Waals surface area contributed by atoms with E-state index in [2.05, 4.69) is 39.2 Å². The maximum absolute atomic E-state index is 12.7. The molecule has 0 aliphatic heterocycles. The zero-order chi connectivity index (χ0) is 24.9. The predicted octanol–water partition coefficient (Wildman–Crippen LogP) is 6.37. The van der Waals surface area contributed by atoms with Gasteiger partial charge < -0.3 is 19.6 Å². The number of ether oxygens (including phenoxy) is 1. The molecule has 0 bridgehead atoms. The Kier molecular flexibility index (Phi) is 10.1. The summed E-state index contributed by atoms with van der Waals surface area (Å²) < 4.78 is 11.7. The average molecular weight is 458 g/mol. The Hall–Kier alpha value is -1.34. The maximum Gasteiger partial charge on any atom is 0.408 e. The molecule has 0 rings (SSSR count). The molecule has 0 aliphatic rings. The van der Waals surface area contributed by atoms with Crippen molar-refractivity contribution in [3.05, 3.63) is 12.2 Å². The lowest BCUT2D eigenvalue weighted by Gasteiger charge is -2.43. The van der Waals surface area contributed by atoms with Crippen molar-refractivity contribution in [3.8, 4) is 0 Å². The van der Waals surface area contributed by atoms with E-state index in [1.165, 1.54) is 0 Å². The van der Waals surface area contributed by atoms with Crippen LogP contribution in [0.25, 0.3) is 0 Å². The molecule has 2 N–H and O–H groups in total. The van der Waals surface area contributed by atoms with Crippen LogP contribution in [0, 0.1) is 11.3 Å². The SMILES string of the molecule is C/C=C/C(C(C)(C)C)C(CCCO[Si](C)(C)C(C)(C)C)(NC(=O)OC(C)(C)C)C(=O)O. The number of hydrogen-bond acceptors (Lipinski definition) is 4. The van der Waals surface area contributed by atoms with Gasteiger partial charge in [0.2, 0.25) is 0 Å². The van der Waals surface area contributed by atoms with Gasteiger partial charge in [0.25, 0.3) is 0 Å². The van der Waals surface area contributed by atoms with Crippen LogP contribution < -0.4 is 5.32 Å². The quantitative estimate of drug-likeness (QED) is 0.238. The van der Waals surface area contributed by atoms with Crippen LogP contribution in [0.4, 0.5) is 4.79 Å². The van der Waals surface area contributed by atoms with Gasteiger partial charge in [-0.3, -0.25) is 0 Å². The third-order valence-corrected chi connectivity index (χ3v) is 10.5. The summed E-state index contributed by atoms with van der Waals surface area (Å²) in [7, 11) is -1.94. The third-order valence-electron chi connectivity index (χ3n) is 5.94. The van der Waals surface area contributed by atoms with Gasteiger partial charge in [-0.05, 0) is 64.1 Å². The first-order valence-corrected chi connectivity index (χ1v) is 14.1. The van der Waals surface area contributed by atoms with E-state index in [0.29, 0.717) is 13.0 Å². The first-order chi connectivity index (χ1) is 13.7. The summed E-state index contributed by atoms with van der Waals surface area (Å²) in [6.07, 6.45) is 3.75. The van der Waals surface area contributed by atoms with Crippen molar-refractivity contribution in [2.75, 3.05) is 6.61 Å². The summed E-state index contributed by atoms with van der Waals surface area (Å²) in [4.78, 5) is 25.4. The van der Waals surface area contributed by atoms with E-state index in [4.69, 9.17) is 9.16 Å². The minimum absolute atomic E-state index is 0.0740. The molecule has 182 valence electrons. The number of nitrogens with one attached hydrogen (secondary N) is 1. The van der Waals surface area contributed by atoms with E-state index >= 15 is 0 Å². The molecule has 0 fully saturated rings. The summed E-state index contributed by atoms with van der Waals surface area (Å²) in [5.41, 5.74) is -2.64. The van der Waals surface area contributed by atoms with Crippen molar-refractivity contribution in [3.63, 3.8) is 0 Å². The smallest absolute Gasteiger partial charge is 0.408 e. The number of hydrogen-bond donors (Lipinski definition) is 2. The number of alkyl carbamates (subject to hydrolysis) is 1. The summed E-state index contributed by atoms with van der Waals surface area (Å²) in [5.74, 6) is -1.51. The third kappa shape index (κ3) is 8.97. The highest BCUT2D eigenvalue weighted by atomic mass is 28.4. The van der Waals surface area contributed by atoms with Crippen LogP contribution in [0.1, 0.15) is 82.1 Å². The molecule has 0 aromatic carbocycles. The Labute approximate surface area is 191 Å². The Morgan fingerprint density at radius 1 is 1.03 bits per heavy atom. The minimum atomic E-state index is -1.94. The number of amides is 1. The number of aliphatic carboxylic acids is 1. The van der Waals surface area contributed by atoms with Crippen molar-refractivity contribution >= 4 is 20.4 Å². The van der Waals surface area contributed by atoms with E-state index in [1.807, 2.05) is 39.8 Å². The number of carbonyl (C=O) groups is 2. The highest BCUT2D eigenvalue weighted by Gasteiger charge is 2.51. The molecule has 0 aromatic heterocycles. The zero-order valence-electron chi connectivity index (χ0n) is 21.9. The molecule has 31 heavy (non-hydrogen) atoms. The molecule has 0 aromatic rings. The average Bonchev–Trinajstić information content (AvgIpc) is 2.51. The first-order valence-electron chi connectivity index (χ1n) is 11.2. The van der Waals surface area contributed by atoms with Gasteiger partial charge in [-0.25, -0.2) is 9.59 Å². The molecule has 0 aliphatic carbocycles. The molecular weight excluding hydrogens is 410 g/mol. The molecule has 2 unspecified atom stereocenters. The summed E-state index contributed by atoms with van der Waals surface area (Å²) in [6, 6.07) is 0. The van der Waals surface area contributed by atoms with Crippen molar-refractivity contribution in [2.24, 2.45) is 11.3 Å². The Bertz CT molecular complexity index is 638. The lowest BCUT2D eigenvalue weighted by atomic mass is 9.66. The zero-order valence-corrected chi connectivity index (χ0v) is 22.9. The normalized spacial score (nSPS) is 16.6. The van der Waals surface area contributed by atoms with Crippen molar-refractivity contribution in [1.29, 1.82) is 0 Å². The largest absolute Gasteiger partial charge is 0.479 e. The van der Waals surface area contributed by atoms with Gasteiger partial charge >= 0.3 is 12.1 Å². The van der Waals surface area contributed by atoms with Gasteiger partial charge in [0.1, 0.15) is 11.1 Å². The van der Waals surface area contributed by atoms with E-state index in [-0.39, 0.29) is 11.5 Å². The molecule has 0 heterocycles. The fourth-order valence-corrected chi connectivity index (χ4v) is 4.44. The molecular formula is C24H47NO5Si. The van der Waals surface area contributed by atoms with Crippen LogP contribution >= 0.6 is 0 Å². The number of carboxylic acids is 1. The van der Waals surface area contributed by atoms with Crippen LogP contribution in [-0.2, 0) is 14.0 Å². The summed E-state index contributed by atoms with van der Waals surface area (Å²) >= 11 is 0. The minimum Gasteiger partial charge on any atom is -0.479 e. The second-order valence-corrected chi connectivity index (χ2v) is 16.8. The van der Waals surface area contributed by atoms with Crippen molar-refractivity contribution < 1.29 is 23.9 Å². The standard InChI is InChI=1S/C24H47NO5Si/c1-13-15-18(21(2,3)4)24(19(26)27,25-20(28)30-22(5,6)7)16-14-17-29-31(11,12)23(8,9)10/h13,15,18H,14,16-17H2,1-12H3,(H,25,28)(H,26,27)/b15-13+. The highest BCUT2D eigenvalue weighted by Crippen LogP contribution is 2.40. The molecule has 0 radical (unpaired) electrons. The van der Waals surface area contributed by atoms with Gasteiger partial charge in [-0.15, -0.1) is 0 Å². The van der Waals surface area contributed by atoms with E-state index < -0.39 is 42.9 Å². The fraction of sp³-hybridized carbons (Fsp3) is 0.833. The molecule has 6 nitrogen and oxygen atoms in total. The van der Waals surface area contributed by atoms with E-state index in [1.54, 1.807) is 20.8 Å². The van der Waals surface area contributed by atoms with Crippen LogP contribution in [0.3, 0.4) is 0 Å². The second-order valence-electron chi connectivity index (χ2n) is 12.0. The summed E-state index contributed by atoms with van der Waals surface area (Å²) in [6.45, 7) is 24.4. The molecule has 1 amide bonds. The molecule has 0 saturated heterocycles. The molecule has 0 spiro atoms. The van der Waals surface area contributed by atoms with E-state index in [0.717, 1.165) is 0 Å². The lowest BCUT2D eigenvalue weighted by Crippen LogP contribution is -2.62. The number of carbonyl (C=O) groups excluding carboxylic acids is 1. The topological polar surface area (TPSA) is 84.9 Å². The fourth-order valence-electron chi connectivity index (χ4n) is 3.35. The molecule has 7 heteroatoms. The second kappa shape index (κ2) is 10.5. The van der Waals surface area contributed by atoms with Crippen LogP contribution in [0.15, 0.2) is 12.2 Å². The number of carboxylic acid groups (broad SMARTS) is 1. The van der Waals surface area contributed by atoms with Gasteiger partial charge in [-0.1, -0.05) is 53.7 Å². The van der Waals surface area contributed by atoms with Gasteiger partial charge in [-0.2, -0.15) is 0 Å². The predicted molar refractivity (Wildman–Crippen MR) is 130 cm³/mol. The number of allylic oxidation sites excluding steroid dienone is 1. The molecule has 0 saturated carbocycles. The highest BCUT2D eigenvalue weighted by molar-refractivity contribution is 6.74. The van der Waals surface area contributed by atoms with Crippen molar-refractivity contribution in [1.82, 2.24) is 5.32 Å². The Morgan fingerprint density at radius 2 is 1.55 bits per heavy atom. The number of rotatable bonds is 9. The van der Waals surface area contributed by atoms with Gasteiger partial charge in [0, 0.05) is 12.5 Å². The van der Waals surface area contributed by atoms with Crippen molar-refractivity contribution in [2.45, 2.75) is 111 Å². The van der Waals surface area contributed by atoms with Gasteiger partial charge in [0.15, 0.2) is 8.32 Å². The maximum atomic E-state index is 12.7. The Morgan fingerprint density at radius 3 is 1.90 bits per heavy atom. The van der Waals surface area contributed by atoms with Crippen LogP contribution in [-0.4, -0.2) is 43.2 Å².